The summed E-state index contributed by atoms with van der Waals surface area (Å²) in [6.07, 6.45) is 4.22. The normalized spacial score (nSPS) is 9.83. The number of hydrogen-bond donors (Lipinski definition) is 2. The Balaban J connectivity index is 0.000000240. The molecule has 0 amide bonds. The first-order valence-electron chi connectivity index (χ1n) is 8.27. The minimum absolute atomic E-state index is 0.206. The van der Waals surface area contributed by atoms with Crippen molar-refractivity contribution in [3.63, 3.8) is 0 Å². The van der Waals surface area contributed by atoms with Gasteiger partial charge >= 0.3 is 0 Å². The van der Waals surface area contributed by atoms with E-state index in [1.165, 1.54) is 5.56 Å². The molecule has 4 nitrogen and oxygen atoms in total. The highest BCUT2D eigenvalue weighted by Crippen LogP contribution is 2.27. The van der Waals surface area contributed by atoms with E-state index in [4.69, 9.17) is 9.47 Å². The van der Waals surface area contributed by atoms with Crippen LogP contribution >= 0.6 is 0 Å². The van der Waals surface area contributed by atoms with Crippen molar-refractivity contribution < 1.29 is 19.7 Å². The molecular formula is C20H28O4. The minimum atomic E-state index is 0.206. The fourth-order valence-electron chi connectivity index (χ4n) is 2.35. The number of ether oxygens (including phenoxy) is 2. The number of methoxy groups -OCH3 is 2. The molecule has 0 heterocycles. The van der Waals surface area contributed by atoms with Crippen molar-refractivity contribution in [3.8, 4) is 23.0 Å². The second-order valence-electron chi connectivity index (χ2n) is 5.51. The van der Waals surface area contributed by atoms with E-state index in [-0.39, 0.29) is 11.5 Å². The summed E-state index contributed by atoms with van der Waals surface area (Å²) in [4.78, 5) is 0. The third-order valence-electron chi connectivity index (χ3n) is 3.56. The average molecular weight is 332 g/mol. The van der Waals surface area contributed by atoms with Crippen molar-refractivity contribution in [2.75, 3.05) is 14.2 Å². The largest absolute Gasteiger partial charge is 0.504 e. The maximum Gasteiger partial charge on any atom is 0.160 e. The number of phenolic OH excluding ortho intramolecular Hbond substituents is 2. The summed E-state index contributed by atoms with van der Waals surface area (Å²) in [7, 11) is 3.11. The highest BCUT2D eigenvalue weighted by Gasteiger charge is 2.01. The molecule has 0 radical (unpaired) electrons. The lowest BCUT2D eigenvalue weighted by atomic mass is 10.1. The van der Waals surface area contributed by atoms with Crippen LogP contribution in [0.3, 0.4) is 0 Å². The van der Waals surface area contributed by atoms with E-state index < -0.39 is 0 Å². The smallest absolute Gasteiger partial charge is 0.160 e. The van der Waals surface area contributed by atoms with Crippen LogP contribution in [-0.4, -0.2) is 24.4 Å². The van der Waals surface area contributed by atoms with Crippen LogP contribution in [0.1, 0.15) is 37.8 Å². The van der Waals surface area contributed by atoms with Gasteiger partial charge in [-0.15, -0.1) is 0 Å². The van der Waals surface area contributed by atoms with Gasteiger partial charge in [0.15, 0.2) is 23.0 Å². The van der Waals surface area contributed by atoms with E-state index in [0.29, 0.717) is 11.5 Å². The molecule has 0 aliphatic carbocycles. The van der Waals surface area contributed by atoms with Gasteiger partial charge in [0.2, 0.25) is 0 Å². The van der Waals surface area contributed by atoms with Crippen LogP contribution in [0.15, 0.2) is 36.4 Å². The van der Waals surface area contributed by atoms with Gasteiger partial charge in [0, 0.05) is 0 Å². The Labute approximate surface area is 144 Å². The Hall–Kier alpha value is -2.36. The number of hydrogen-bond acceptors (Lipinski definition) is 4. The summed E-state index contributed by atoms with van der Waals surface area (Å²) in [5.41, 5.74) is 2.35. The van der Waals surface area contributed by atoms with Gasteiger partial charge in [0.1, 0.15) is 0 Å². The van der Waals surface area contributed by atoms with Gasteiger partial charge < -0.3 is 19.7 Å². The van der Waals surface area contributed by atoms with E-state index >= 15 is 0 Å². The first kappa shape index (κ1) is 19.7. The van der Waals surface area contributed by atoms with Gasteiger partial charge in [0.05, 0.1) is 14.2 Å². The first-order valence-corrected chi connectivity index (χ1v) is 8.27. The molecular weight excluding hydrogens is 304 g/mol. The van der Waals surface area contributed by atoms with Crippen molar-refractivity contribution in [3.05, 3.63) is 47.5 Å². The zero-order chi connectivity index (χ0) is 17.9. The SMILES string of the molecule is CCCc1ccc(O)c(OC)c1.CCCc1ccc(OC)c(O)c1. The summed E-state index contributed by atoms with van der Waals surface area (Å²) >= 11 is 0. The zero-order valence-corrected chi connectivity index (χ0v) is 15.0. The summed E-state index contributed by atoms with van der Waals surface area (Å²) < 4.78 is 9.91. The monoisotopic (exact) mass is 332 g/mol. The van der Waals surface area contributed by atoms with Crippen LogP contribution in [-0.2, 0) is 12.8 Å². The first-order chi connectivity index (χ1) is 11.5. The molecule has 0 atom stereocenters. The Morgan fingerprint density at radius 2 is 1.25 bits per heavy atom. The van der Waals surface area contributed by atoms with Gasteiger partial charge in [-0.2, -0.15) is 0 Å². The Morgan fingerprint density at radius 3 is 1.75 bits per heavy atom. The molecule has 4 heteroatoms. The van der Waals surface area contributed by atoms with Crippen LogP contribution in [0.2, 0.25) is 0 Å². The molecule has 24 heavy (non-hydrogen) atoms. The van der Waals surface area contributed by atoms with Gasteiger partial charge in [-0.1, -0.05) is 38.8 Å². The Kier molecular flexibility index (Phi) is 8.55. The number of phenols is 2. The van der Waals surface area contributed by atoms with Crippen LogP contribution in [0.5, 0.6) is 23.0 Å². The van der Waals surface area contributed by atoms with Gasteiger partial charge in [-0.05, 0) is 48.2 Å². The lowest BCUT2D eigenvalue weighted by Crippen LogP contribution is -1.87. The van der Waals surface area contributed by atoms with E-state index in [1.807, 2.05) is 18.2 Å². The molecule has 0 aromatic heterocycles. The fourth-order valence-corrected chi connectivity index (χ4v) is 2.35. The van der Waals surface area contributed by atoms with Crippen LogP contribution < -0.4 is 9.47 Å². The fraction of sp³-hybridized carbons (Fsp3) is 0.400. The van der Waals surface area contributed by atoms with E-state index in [1.54, 1.807) is 32.4 Å². The van der Waals surface area contributed by atoms with Crippen LogP contribution in [0.25, 0.3) is 0 Å². The molecule has 2 N–H and O–H groups in total. The molecule has 0 fully saturated rings. The van der Waals surface area contributed by atoms with E-state index in [9.17, 15) is 10.2 Å². The molecule has 0 aliphatic rings. The minimum Gasteiger partial charge on any atom is -0.504 e. The number of benzene rings is 2. The van der Waals surface area contributed by atoms with Gasteiger partial charge in [-0.3, -0.25) is 0 Å². The average Bonchev–Trinajstić information content (AvgIpc) is 2.58. The topological polar surface area (TPSA) is 58.9 Å². The summed E-state index contributed by atoms with van der Waals surface area (Å²) in [5, 5.41) is 18.7. The second-order valence-corrected chi connectivity index (χ2v) is 5.51. The highest BCUT2D eigenvalue weighted by atomic mass is 16.5. The Morgan fingerprint density at radius 1 is 0.708 bits per heavy atom. The maximum absolute atomic E-state index is 9.39. The molecule has 2 aromatic rings. The summed E-state index contributed by atoms with van der Waals surface area (Å²) in [6.45, 7) is 4.24. The van der Waals surface area contributed by atoms with E-state index in [0.717, 1.165) is 31.2 Å². The molecule has 2 aromatic carbocycles. The molecule has 0 saturated heterocycles. The second kappa shape index (κ2) is 10.4. The Bertz CT molecular complexity index is 623. The molecule has 132 valence electrons. The molecule has 0 spiro atoms. The van der Waals surface area contributed by atoms with Crippen molar-refractivity contribution >= 4 is 0 Å². The van der Waals surface area contributed by atoms with Gasteiger partial charge in [-0.25, -0.2) is 0 Å². The molecule has 0 saturated carbocycles. The number of aromatic hydroxyl groups is 2. The van der Waals surface area contributed by atoms with Crippen molar-refractivity contribution in [1.82, 2.24) is 0 Å². The molecule has 0 unspecified atom stereocenters. The lowest BCUT2D eigenvalue weighted by molar-refractivity contribution is 0.373. The van der Waals surface area contributed by atoms with Crippen molar-refractivity contribution in [2.45, 2.75) is 39.5 Å². The predicted octanol–water partition coefficient (Wildman–Crippen LogP) is 4.71. The van der Waals surface area contributed by atoms with Crippen molar-refractivity contribution in [2.24, 2.45) is 0 Å². The third-order valence-corrected chi connectivity index (χ3v) is 3.56. The number of rotatable bonds is 6. The lowest BCUT2D eigenvalue weighted by Gasteiger charge is -2.05. The quantitative estimate of drug-likeness (QED) is 0.804. The highest BCUT2D eigenvalue weighted by molar-refractivity contribution is 5.42. The summed E-state index contributed by atoms with van der Waals surface area (Å²) in [5.74, 6) is 1.52. The maximum atomic E-state index is 9.39. The molecule has 0 bridgehead atoms. The van der Waals surface area contributed by atoms with Crippen molar-refractivity contribution in [1.29, 1.82) is 0 Å². The van der Waals surface area contributed by atoms with Gasteiger partial charge in [0.25, 0.3) is 0 Å². The standard InChI is InChI=1S/2C10H14O2/c1-3-4-8-5-6-10(12-2)9(11)7-8;1-3-4-8-5-6-9(11)10(7-8)12-2/h2*5-7,11H,3-4H2,1-2H3. The van der Waals surface area contributed by atoms with Crippen LogP contribution in [0.4, 0.5) is 0 Å². The molecule has 2 rings (SSSR count). The molecule has 0 aliphatic heterocycles. The van der Waals surface area contributed by atoms with E-state index in [2.05, 4.69) is 13.8 Å². The zero-order valence-electron chi connectivity index (χ0n) is 15.0. The summed E-state index contributed by atoms with van der Waals surface area (Å²) in [6, 6.07) is 11.0. The van der Waals surface area contributed by atoms with Crippen LogP contribution in [0, 0.1) is 0 Å². The number of aryl methyl sites for hydroxylation is 2. The predicted molar refractivity (Wildman–Crippen MR) is 97.3 cm³/mol. The third kappa shape index (κ3) is 6.03.